The smallest absolute Gasteiger partial charge is 0.410 e. The predicted molar refractivity (Wildman–Crippen MR) is 194 cm³/mol. The molecule has 4 fully saturated rings. The minimum atomic E-state index is -4.20. The van der Waals surface area contributed by atoms with Crippen LogP contribution < -0.4 is 20.7 Å². The van der Waals surface area contributed by atoms with Gasteiger partial charge in [0.05, 0.1) is 24.3 Å². The Bertz CT molecular complexity index is 1900. The van der Waals surface area contributed by atoms with Crippen LogP contribution >= 0.6 is 0 Å². The van der Waals surface area contributed by atoms with Gasteiger partial charge >= 0.3 is 12.2 Å². The van der Waals surface area contributed by atoms with Gasteiger partial charge in [-0.15, -0.1) is 0 Å². The molecule has 0 radical (unpaired) electrons. The first kappa shape index (κ1) is 42.0. The molecule has 3 aliphatic carbocycles. The number of benzene rings is 1. The number of hydrogen-bond donors (Lipinski definition) is 5. The van der Waals surface area contributed by atoms with Gasteiger partial charge < -0.3 is 30.7 Å². The largest absolute Gasteiger partial charge is 0.465 e. The molecule has 0 aromatic heterocycles. The fraction of sp³-hybridized carbons (Fsp3) is 0.676. The summed E-state index contributed by atoms with van der Waals surface area (Å²) in [6.07, 6.45) is -3.44. The number of alkyl halides is 2. The second kappa shape index (κ2) is 16.0. The molecule has 6 amide bonds. The van der Waals surface area contributed by atoms with Crippen LogP contribution in [-0.2, 0) is 47.0 Å². The highest BCUT2D eigenvalue weighted by Crippen LogP contribution is 2.48. The lowest BCUT2D eigenvalue weighted by molar-refractivity contribution is -0.145. The minimum Gasteiger partial charge on any atom is -0.465 e. The number of rotatable bonds is 12. The maximum atomic E-state index is 14.6. The highest BCUT2D eigenvalue weighted by Gasteiger charge is 2.67. The number of nitrogens with zero attached hydrogens (tertiary/aromatic N) is 2. The van der Waals surface area contributed by atoms with Crippen LogP contribution in [0.25, 0.3) is 0 Å². The number of ether oxygens (including phenoxy) is 1. The van der Waals surface area contributed by atoms with Crippen molar-refractivity contribution in [3.8, 4) is 0 Å². The third-order valence-corrected chi connectivity index (χ3v) is 13.5. The van der Waals surface area contributed by atoms with Gasteiger partial charge in [0.2, 0.25) is 34.2 Å². The Hall–Kier alpha value is -4.62. The van der Waals surface area contributed by atoms with Crippen molar-refractivity contribution in [1.29, 1.82) is 0 Å². The molecule has 0 spiro atoms. The summed E-state index contributed by atoms with van der Waals surface area (Å²) in [4.78, 5) is 83.4. The molecule has 57 heavy (non-hydrogen) atoms. The fourth-order valence-corrected chi connectivity index (χ4v) is 9.55. The van der Waals surface area contributed by atoms with Crippen molar-refractivity contribution in [2.24, 2.45) is 17.3 Å². The molecular weight excluding hydrogens is 778 g/mol. The molecular formula is C37H49F3N6O10S. The normalized spacial score (nSPS) is 25.9. The number of carbonyl (C=O) groups is 6. The Balaban J connectivity index is 1.26. The van der Waals surface area contributed by atoms with Gasteiger partial charge in [-0.2, -0.15) is 0 Å². The first-order valence-corrected chi connectivity index (χ1v) is 20.7. The van der Waals surface area contributed by atoms with Gasteiger partial charge in [0.25, 0.3) is 5.91 Å². The molecule has 6 atom stereocenters. The van der Waals surface area contributed by atoms with Gasteiger partial charge in [-0.1, -0.05) is 52.2 Å². The van der Waals surface area contributed by atoms with Crippen LogP contribution in [-0.4, -0.2) is 107 Å². The maximum Gasteiger partial charge on any atom is 0.410 e. The van der Waals surface area contributed by atoms with Crippen molar-refractivity contribution < 1.29 is 60.2 Å². The Kier molecular flexibility index (Phi) is 11.8. The number of amides is 6. The van der Waals surface area contributed by atoms with Crippen molar-refractivity contribution in [3.63, 3.8) is 0 Å². The van der Waals surface area contributed by atoms with E-state index < -0.39 is 117 Å². The maximum absolute atomic E-state index is 14.6. The monoisotopic (exact) mass is 826 g/mol. The van der Waals surface area contributed by atoms with Crippen molar-refractivity contribution in [2.75, 3.05) is 6.54 Å². The first-order chi connectivity index (χ1) is 26.7. The Morgan fingerprint density at radius 3 is 2.25 bits per heavy atom. The van der Waals surface area contributed by atoms with E-state index in [1.165, 1.54) is 17.0 Å². The number of likely N-dealkylation sites (tertiary alicyclic amines) is 1. The highest BCUT2D eigenvalue weighted by molar-refractivity contribution is 7.91. The predicted octanol–water partition coefficient (Wildman–Crippen LogP) is 2.74. The molecule has 5 aliphatic rings. The number of fused-ring (bicyclic) bond motifs is 1. The van der Waals surface area contributed by atoms with Crippen molar-refractivity contribution >= 4 is 45.8 Å². The molecule has 6 rings (SSSR count). The van der Waals surface area contributed by atoms with Crippen LogP contribution in [0.15, 0.2) is 18.2 Å². The number of halogens is 3. The van der Waals surface area contributed by atoms with E-state index in [1.807, 2.05) is 4.72 Å². The number of nitrogens with one attached hydrogen (secondary N) is 4. The Labute approximate surface area is 328 Å². The Morgan fingerprint density at radius 2 is 1.67 bits per heavy atom. The van der Waals surface area contributed by atoms with Crippen LogP contribution in [0.1, 0.15) is 89.7 Å². The molecule has 1 aromatic rings. The molecule has 2 aliphatic heterocycles. The van der Waals surface area contributed by atoms with E-state index in [0.29, 0.717) is 24.0 Å². The van der Waals surface area contributed by atoms with Gasteiger partial charge in [-0.3, -0.25) is 28.8 Å². The summed E-state index contributed by atoms with van der Waals surface area (Å²) >= 11 is 0. The molecule has 2 heterocycles. The van der Waals surface area contributed by atoms with E-state index in [0.717, 1.165) is 24.2 Å². The van der Waals surface area contributed by atoms with Crippen LogP contribution in [0.5, 0.6) is 0 Å². The average molecular weight is 827 g/mol. The summed E-state index contributed by atoms with van der Waals surface area (Å²) in [5.41, 5.74) is -2.53. The first-order valence-electron chi connectivity index (χ1n) is 19.2. The van der Waals surface area contributed by atoms with Crippen molar-refractivity contribution in [2.45, 2.75) is 133 Å². The quantitative estimate of drug-likeness (QED) is 0.208. The third-order valence-electron chi connectivity index (χ3n) is 11.7. The number of carbonyl (C=O) groups excluding carboxylic acids is 5. The second-order valence-corrected chi connectivity index (χ2v) is 18.9. The lowest BCUT2D eigenvalue weighted by atomic mass is 9.82. The summed E-state index contributed by atoms with van der Waals surface area (Å²) in [6, 6.07) is 0.235. The van der Waals surface area contributed by atoms with Crippen LogP contribution in [0.2, 0.25) is 0 Å². The lowest BCUT2D eigenvalue weighted by Gasteiger charge is -2.37. The average Bonchev–Trinajstić information content (AvgIpc) is 4.04. The zero-order valence-electron chi connectivity index (χ0n) is 31.9. The van der Waals surface area contributed by atoms with Gasteiger partial charge in [0.15, 0.2) is 0 Å². The zero-order chi connectivity index (χ0) is 41.6. The molecule has 0 bridgehead atoms. The molecule has 5 N–H and O–H groups in total. The van der Waals surface area contributed by atoms with E-state index >= 15 is 0 Å². The van der Waals surface area contributed by atoms with Crippen LogP contribution in [0.3, 0.4) is 0 Å². The molecule has 1 aromatic carbocycles. The summed E-state index contributed by atoms with van der Waals surface area (Å²) in [7, 11) is -4.20. The number of carboxylic acid groups (broad SMARTS) is 1. The number of sulfonamides is 1. The molecule has 314 valence electrons. The molecule has 1 saturated heterocycles. The SMILES string of the molecule is CC(C)(C)[C@H](NC(=O)[C@@H](NC(=O)O)C1CCCCC1)C(=O)N1C[C@H](OC(=O)N2Cc3cccc(F)c3C2)CC1C(=O)N[C@@]1(C(=O)NS(=O)(=O)C2CC2)C[C@H]1C(F)F. The van der Waals surface area contributed by atoms with E-state index in [4.69, 9.17) is 4.74 Å². The van der Waals surface area contributed by atoms with Gasteiger partial charge in [-0.25, -0.2) is 31.2 Å². The minimum absolute atomic E-state index is 0.0201. The molecule has 1 unspecified atom stereocenters. The van der Waals surface area contributed by atoms with E-state index in [-0.39, 0.29) is 38.3 Å². The van der Waals surface area contributed by atoms with E-state index in [2.05, 4.69) is 16.0 Å². The molecule has 20 heteroatoms. The standard InChI is InChI=1S/C37H49F3N6O10S/c1-36(2,3)28(42-31(48)27(41-34(51)52)19-8-5-4-6-9-19)32(49)46-17-21(56-35(53)45-16-20-10-7-11-25(38)23(20)18-45)14-26(46)30(47)43-37(15-24(37)29(39)40)33(50)44-57(54,55)22-12-13-22/h7,10-11,19,21-22,24,26-29,41H,4-6,8-9,12-18H2,1-3H3,(H,42,48)(H,43,47)(H,44,50)(H,51,52)/t21-,24+,26?,27+,28-,37+/m1/s1. The van der Waals surface area contributed by atoms with Crippen molar-refractivity contribution in [3.05, 3.63) is 35.1 Å². The van der Waals surface area contributed by atoms with Crippen molar-refractivity contribution in [1.82, 2.24) is 30.5 Å². The number of hydrogen-bond acceptors (Lipinski definition) is 9. The summed E-state index contributed by atoms with van der Waals surface area (Å²) in [6.45, 7) is 4.36. The summed E-state index contributed by atoms with van der Waals surface area (Å²) < 4.78 is 75.5. The second-order valence-electron chi connectivity index (χ2n) is 16.9. The topological polar surface area (TPSA) is 221 Å². The summed E-state index contributed by atoms with van der Waals surface area (Å²) in [5.74, 6) is -6.67. The van der Waals surface area contributed by atoms with Gasteiger partial charge in [0, 0.05) is 18.5 Å². The summed E-state index contributed by atoms with van der Waals surface area (Å²) in [5, 5.41) is 16.0. The van der Waals surface area contributed by atoms with Crippen LogP contribution in [0.4, 0.5) is 22.8 Å². The van der Waals surface area contributed by atoms with Crippen LogP contribution in [0, 0.1) is 23.1 Å². The fourth-order valence-electron chi connectivity index (χ4n) is 8.19. The highest BCUT2D eigenvalue weighted by atomic mass is 32.2. The molecule has 3 saturated carbocycles. The Morgan fingerprint density at radius 1 is 0.982 bits per heavy atom. The van der Waals surface area contributed by atoms with E-state index in [9.17, 15) is 55.5 Å². The third kappa shape index (κ3) is 9.09. The lowest BCUT2D eigenvalue weighted by Crippen LogP contribution is -2.62. The van der Waals surface area contributed by atoms with E-state index in [1.54, 1.807) is 26.8 Å². The molecule has 16 nitrogen and oxygen atoms in total. The van der Waals surface area contributed by atoms with Gasteiger partial charge in [-0.05, 0) is 55.1 Å². The van der Waals surface area contributed by atoms with Gasteiger partial charge in [0.1, 0.15) is 35.6 Å². The zero-order valence-corrected chi connectivity index (χ0v) is 32.7.